The van der Waals surface area contributed by atoms with Crippen LogP contribution in [0.2, 0.25) is 0 Å². The first-order chi connectivity index (χ1) is 24.9. The third-order valence-electron chi connectivity index (χ3n) is 13.4. The number of nitriles is 1. The summed E-state index contributed by atoms with van der Waals surface area (Å²) >= 11 is 0. The van der Waals surface area contributed by atoms with E-state index in [1.54, 1.807) is 6.92 Å². The third kappa shape index (κ3) is 19.4. The maximum Gasteiger partial charge on any atom is 0.136 e. The summed E-state index contributed by atoms with van der Waals surface area (Å²) in [6.45, 7) is 67.5. The molecular formula is C52H110N2O2. The van der Waals surface area contributed by atoms with Crippen LogP contribution in [0.3, 0.4) is 0 Å². The van der Waals surface area contributed by atoms with Gasteiger partial charge in [-0.2, -0.15) is 5.26 Å². The quantitative estimate of drug-likeness (QED) is 0.169. The molecule has 0 atom stereocenters. The highest BCUT2D eigenvalue weighted by atomic mass is 16.3. The van der Waals surface area contributed by atoms with Crippen LogP contribution in [0.5, 0.6) is 0 Å². The van der Waals surface area contributed by atoms with Crippen LogP contribution in [0.4, 0.5) is 0 Å². The molecule has 0 rings (SSSR count). The third-order valence-corrected chi connectivity index (χ3v) is 13.4. The van der Waals surface area contributed by atoms with E-state index in [9.17, 15) is 15.2 Å². The lowest BCUT2D eigenvalue weighted by atomic mass is 9.60. The van der Waals surface area contributed by atoms with Gasteiger partial charge >= 0.3 is 0 Å². The van der Waals surface area contributed by atoms with Gasteiger partial charge in [-0.15, -0.1) is 0 Å². The van der Waals surface area contributed by atoms with Gasteiger partial charge in [0.25, 0.3) is 0 Å². The fraction of sp³-hybridized carbons (Fsp3) is 0.962. The van der Waals surface area contributed by atoms with E-state index in [1.807, 2.05) is 0 Å². The molecule has 0 aliphatic rings. The maximum atomic E-state index is 11.8. The molecule has 0 fully saturated rings. The monoisotopic (exact) mass is 795 g/mol. The van der Waals surface area contributed by atoms with E-state index < -0.39 is 5.60 Å². The van der Waals surface area contributed by atoms with Gasteiger partial charge in [-0.05, 0) is 125 Å². The summed E-state index contributed by atoms with van der Waals surface area (Å²) < 4.78 is 0. The fourth-order valence-corrected chi connectivity index (χ4v) is 11.7. The lowest BCUT2D eigenvalue weighted by Crippen LogP contribution is -2.45. The van der Waals surface area contributed by atoms with E-state index in [1.165, 1.54) is 0 Å². The van der Waals surface area contributed by atoms with Crippen LogP contribution in [0.1, 0.15) is 215 Å². The number of hydrogen-bond donors (Lipinski definition) is 1. The summed E-state index contributed by atoms with van der Waals surface area (Å²) in [6.07, 6.45) is 0. The Morgan fingerprint density at radius 3 is 0.643 bits per heavy atom. The predicted molar refractivity (Wildman–Crippen MR) is 255 cm³/mol. The van der Waals surface area contributed by atoms with Crippen molar-refractivity contribution in [1.29, 1.82) is 5.26 Å². The molecule has 0 radical (unpaired) electrons. The van der Waals surface area contributed by atoms with Crippen LogP contribution in [-0.4, -0.2) is 39.5 Å². The summed E-state index contributed by atoms with van der Waals surface area (Å²) in [5.74, 6) is 7.30. The molecule has 0 bridgehead atoms. The van der Waals surface area contributed by atoms with Crippen molar-refractivity contribution >= 4 is 5.78 Å². The zero-order valence-electron chi connectivity index (χ0n) is 44.5. The summed E-state index contributed by atoms with van der Waals surface area (Å²) in [7, 11) is 0. The molecule has 4 nitrogen and oxygen atoms in total. The normalized spacial score (nSPS) is 12.9. The molecule has 0 aliphatic heterocycles. The van der Waals surface area contributed by atoms with Crippen molar-refractivity contribution in [2.24, 2.45) is 87.8 Å². The van der Waals surface area contributed by atoms with Crippen molar-refractivity contribution in [2.75, 3.05) is 0 Å². The van der Waals surface area contributed by atoms with Gasteiger partial charge in [0, 0.05) is 23.5 Å². The van der Waals surface area contributed by atoms with Crippen molar-refractivity contribution in [3.63, 3.8) is 0 Å². The first-order valence-electron chi connectivity index (χ1n) is 23.3. The molecule has 1 N–H and O–H groups in total. The SMILES string of the molecule is CC(=O)C(C(C)C)(C(C)C)C(C)C.CC(C)C(C#N)(C(C)C)C(C)C.CC(C)C(C(C)C)C(C)C.CC(C)C(O)(C(C)C)C(C)C.CC(C)N(C(C)C)C(C)C. The molecule has 340 valence electrons. The standard InChI is InChI=1S/C12H24O.C11H21N.C10H22O.C10H22.C9H21N/c1-8(2)12(9(3)4,10(5)6)11(7)13;1-8(2)11(7-12,9(3)4)10(5)6;1-7(2)10(11,8(3)4)9(5)6;2*1-7(2)10(8(3)4)9(5)6/h8-10H,1-7H3;8-10H,1-6H3;7-9,11H,1-6H3;7-10H,1-6H3;7-9H,1-6H3. The first-order valence-corrected chi connectivity index (χ1v) is 23.3. The van der Waals surface area contributed by atoms with Gasteiger partial charge in [-0.1, -0.05) is 166 Å². The van der Waals surface area contributed by atoms with E-state index in [2.05, 4.69) is 219 Å². The Labute approximate surface area is 356 Å². The smallest absolute Gasteiger partial charge is 0.136 e. The van der Waals surface area contributed by atoms with Gasteiger partial charge in [0.2, 0.25) is 0 Å². The maximum absolute atomic E-state index is 11.8. The second-order valence-corrected chi connectivity index (χ2v) is 21.9. The van der Waals surface area contributed by atoms with Crippen LogP contribution in [0.25, 0.3) is 0 Å². The molecule has 0 spiro atoms. The molecule has 0 saturated heterocycles. The lowest BCUT2D eigenvalue weighted by Gasteiger charge is -2.42. The zero-order chi connectivity index (χ0) is 46.6. The van der Waals surface area contributed by atoms with Gasteiger partial charge in [0.05, 0.1) is 17.1 Å². The number of carbonyl (C=O) groups is 1. The fourth-order valence-electron chi connectivity index (χ4n) is 11.7. The van der Waals surface area contributed by atoms with Crippen molar-refractivity contribution in [2.45, 2.75) is 238 Å². The minimum absolute atomic E-state index is 0.139. The van der Waals surface area contributed by atoms with Crippen LogP contribution >= 0.6 is 0 Å². The molecular weight excluding hydrogens is 685 g/mol. The van der Waals surface area contributed by atoms with Crippen molar-refractivity contribution < 1.29 is 9.90 Å². The molecule has 0 aromatic carbocycles. The van der Waals surface area contributed by atoms with Crippen LogP contribution in [-0.2, 0) is 4.79 Å². The van der Waals surface area contributed by atoms with Gasteiger partial charge in [0.1, 0.15) is 5.78 Å². The van der Waals surface area contributed by atoms with E-state index >= 15 is 0 Å². The van der Waals surface area contributed by atoms with E-state index in [0.717, 1.165) is 23.7 Å². The Balaban J connectivity index is -0.000000194. The first kappa shape index (κ1) is 64.2. The largest absolute Gasteiger partial charge is 0.389 e. The number of rotatable bonds is 16. The number of nitrogens with zero attached hydrogens (tertiary/aromatic N) is 2. The summed E-state index contributed by atoms with van der Waals surface area (Å²) in [5.41, 5.74) is -0.792. The van der Waals surface area contributed by atoms with Crippen molar-refractivity contribution in [3.8, 4) is 6.07 Å². The minimum atomic E-state index is -0.500. The second-order valence-electron chi connectivity index (χ2n) is 21.9. The molecule has 0 saturated carbocycles. The average molecular weight is 795 g/mol. The highest BCUT2D eigenvalue weighted by Crippen LogP contribution is 2.44. The second kappa shape index (κ2) is 29.3. The van der Waals surface area contributed by atoms with Gasteiger partial charge < -0.3 is 5.11 Å². The highest BCUT2D eigenvalue weighted by molar-refractivity contribution is 5.83. The molecule has 0 heterocycles. The average Bonchev–Trinajstić information content (AvgIpc) is 2.95. The van der Waals surface area contributed by atoms with Gasteiger partial charge in [-0.3, -0.25) is 9.69 Å². The predicted octanol–water partition coefficient (Wildman–Crippen LogP) is 15.8. The highest BCUT2D eigenvalue weighted by Gasteiger charge is 2.44. The Kier molecular flexibility index (Phi) is 33.6. The topological polar surface area (TPSA) is 64.3 Å². The summed E-state index contributed by atoms with van der Waals surface area (Å²) in [5, 5.41) is 19.5. The van der Waals surface area contributed by atoms with Gasteiger partial charge in [-0.25, -0.2) is 0 Å². The number of carbonyl (C=O) groups excluding carboxylic acids is 1. The van der Waals surface area contributed by atoms with Gasteiger partial charge in [0.15, 0.2) is 0 Å². The zero-order valence-corrected chi connectivity index (χ0v) is 44.5. The number of Topliss-reactive ketones (excluding diaryl/α,β-unsaturated/α-hetero) is 1. The molecule has 0 aromatic rings. The Morgan fingerprint density at radius 1 is 0.429 bits per heavy atom. The Bertz CT molecular complexity index is 875. The minimum Gasteiger partial charge on any atom is -0.389 e. The molecule has 4 heteroatoms. The lowest BCUT2D eigenvalue weighted by molar-refractivity contribution is -0.136. The molecule has 0 amide bonds. The number of aliphatic hydroxyl groups is 1. The molecule has 0 aliphatic carbocycles. The van der Waals surface area contributed by atoms with Crippen LogP contribution < -0.4 is 0 Å². The number of hydrogen-bond acceptors (Lipinski definition) is 4. The van der Waals surface area contributed by atoms with Crippen molar-refractivity contribution in [3.05, 3.63) is 0 Å². The molecule has 0 unspecified atom stereocenters. The Morgan fingerprint density at radius 2 is 0.643 bits per heavy atom. The molecule has 56 heavy (non-hydrogen) atoms. The Hall–Kier alpha value is -0.920. The molecule has 0 aromatic heterocycles. The van der Waals surface area contributed by atoms with Crippen LogP contribution in [0.15, 0.2) is 0 Å². The summed E-state index contributed by atoms with van der Waals surface area (Å²) in [6, 6.07) is 4.51. The van der Waals surface area contributed by atoms with E-state index in [-0.39, 0.29) is 10.8 Å². The van der Waals surface area contributed by atoms with E-state index in [0.29, 0.717) is 77.2 Å². The van der Waals surface area contributed by atoms with Crippen LogP contribution in [0, 0.1) is 99.1 Å². The number of ketones is 1. The van der Waals surface area contributed by atoms with Crippen molar-refractivity contribution in [1.82, 2.24) is 4.90 Å². The summed E-state index contributed by atoms with van der Waals surface area (Å²) in [4.78, 5) is 14.3. The van der Waals surface area contributed by atoms with E-state index in [4.69, 9.17) is 0 Å².